The van der Waals surface area contributed by atoms with Gasteiger partial charge in [-0.15, -0.1) is 0 Å². The summed E-state index contributed by atoms with van der Waals surface area (Å²) in [5.41, 5.74) is 2.32. The molecule has 28 heavy (non-hydrogen) atoms. The highest BCUT2D eigenvalue weighted by Gasteiger charge is 2.30. The van der Waals surface area contributed by atoms with Gasteiger partial charge in [-0.3, -0.25) is 9.59 Å². The molecule has 5 heteroatoms. The van der Waals surface area contributed by atoms with Gasteiger partial charge < -0.3 is 14.6 Å². The Balaban J connectivity index is 1.24. The lowest BCUT2D eigenvalue weighted by molar-refractivity contribution is -0.135. The van der Waals surface area contributed by atoms with Crippen molar-refractivity contribution in [2.45, 2.75) is 51.0 Å². The van der Waals surface area contributed by atoms with Gasteiger partial charge in [0.15, 0.2) is 0 Å². The van der Waals surface area contributed by atoms with E-state index in [0.29, 0.717) is 19.5 Å². The molecule has 1 aromatic carbocycles. The number of carbonyl (C=O) groups is 2. The van der Waals surface area contributed by atoms with Crippen LogP contribution in [0.3, 0.4) is 0 Å². The average molecular weight is 380 g/mol. The molecule has 0 radical (unpaired) electrons. The number of likely N-dealkylation sites (tertiary alicyclic amines) is 1. The highest BCUT2D eigenvalue weighted by Crippen LogP contribution is 2.31. The van der Waals surface area contributed by atoms with E-state index in [1.54, 1.807) is 6.26 Å². The molecule has 1 fully saturated rings. The van der Waals surface area contributed by atoms with E-state index in [1.165, 1.54) is 5.56 Å². The lowest BCUT2D eigenvalue weighted by Gasteiger charge is -2.32. The topological polar surface area (TPSA) is 62.6 Å². The van der Waals surface area contributed by atoms with Crippen LogP contribution in [0, 0.1) is 5.92 Å². The van der Waals surface area contributed by atoms with Crippen LogP contribution in [0.5, 0.6) is 0 Å². The summed E-state index contributed by atoms with van der Waals surface area (Å²) in [5, 5.41) is 3.22. The minimum absolute atomic E-state index is 0.00421. The molecule has 1 aromatic heterocycles. The predicted octanol–water partition coefficient (Wildman–Crippen LogP) is 3.64. The lowest BCUT2D eigenvalue weighted by Crippen LogP contribution is -2.44. The van der Waals surface area contributed by atoms with Gasteiger partial charge in [-0.1, -0.05) is 30.3 Å². The van der Waals surface area contributed by atoms with Gasteiger partial charge in [0, 0.05) is 37.4 Å². The number of benzene rings is 1. The van der Waals surface area contributed by atoms with Gasteiger partial charge >= 0.3 is 0 Å². The molecule has 0 bridgehead atoms. The molecule has 1 unspecified atom stereocenters. The predicted molar refractivity (Wildman–Crippen MR) is 107 cm³/mol. The van der Waals surface area contributed by atoms with Crippen molar-refractivity contribution in [1.29, 1.82) is 0 Å². The molecule has 1 N–H and O–H groups in total. The zero-order chi connectivity index (χ0) is 19.3. The van der Waals surface area contributed by atoms with Crippen molar-refractivity contribution in [2.24, 2.45) is 5.92 Å². The quantitative estimate of drug-likeness (QED) is 0.861. The summed E-state index contributed by atoms with van der Waals surface area (Å²) < 4.78 is 5.51. The van der Waals surface area contributed by atoms with E-state index in [1.807, 2.05) is 29.2 Å². The number of furan rings is 1. The Morgan fingerprint density at radius 3 is 2.64 bits per heavy atom. The van der Waals surface area contributed by atoms with Crippen molar-refractivity contribution < 1.29 is 14.0 Å². The molecule has 0 spiro atoms. The molecule has 1 aliphatic heterocycles. The summed E-state index contributed by atoms with van der Waals surface area (Å²) in [5.74, 6) is 1.32. The molecule has 2 amide bonds. The number of carbonyl (C=O) groups excluding carboxylic acids is 2. The maximum absolute atomic E-state index is 12.7. The van der Waals surface area contributed by atoms with E-state index in [0.717, 1.165) is 49.8 Å². The Hall–Kier alpha value is -2.56. The Bertz CT molecular complexity index is 806. The molecule has 0 saturated carbocycles. The first kappa shape index (κ1) is 18.8. The number of aryl methyl sites for hydroxylation is 2. The number of piperidine rings is 1. The molecule has 2 aliphatic rings. The van der Waals surface area contributed by atoms with Crippen molar-refractivity contribution >= 4 is 11.8 Å². The summed E-state index contributed by atoms with van der Waals surface area (Å²) in [7, 11) is 0. The van der Waals surface area contributed by atoms with Crippen LogP contribution < -0.4 is 5.32 Å². The van der Waals surface area contributed by atoms with Crippen LogP contribution in [0.15, 0.2) is 47.1 Å². The second kappa shape index (κ2) is 8.63. The van der Waals surface area contributed by atoms with Crippen LogP contribution in [-0.4, -0.2) is 29.8 Å². The smallest absolute Gasteiger partial charge is 0.223 e. The second-order valence-corrected chi connectivity index (χ2v) is 7.89. The second-order valence-electron chi connectivity index (χ2n) is 7.89. The number of nitrogens with one attached hydrogen (secondary N) is 1. The first-order valence-corrected chi connectivity index (χ1v) is 10.4. The van der Waals surface area contributed by atoms with Crippen molar-refractivity contribution in [2.75, 3.05) is 13.1 Å². The standard InChI is InChI=1S/C23H28N2O3/c26-22(10-9-17-5-2-1-3-6-17)25-14-11-18(12-15-25)23(27)24-20-7-4-8-21-19(20)13-16-28-21/h1-3,5-6,13,16,18,20H,4,7-12,14-15H2,(H,24,27). The molecule has 1 atom stereocenters. The third kappa shape index (κ3) is 4.29. The number of fused-ring (bicyclic) bond motifs is 1. The summed E-state index contributed by atoms with van der Waals surface area (Å²) >= 11 is 0. The van der Waals surface area contributed by atoms with Crippen LogP contribution in [0.4, 0.5) is 0 Å². The van der Waals surface area contributed by atoms with Gasteiger partial charge in [0.1, 0.15) is 5.76 Å². The Kier molecular flexibility index (Phi) is 5.79. The molecule has 148 valence electrons. The summed E-state index contributed by atoms with van der Waals surface area (Å²) in [6, 6.07) is 12.2. The van der Waals surface area contributed by atoms with Crippen LogP contribution in [0.1, 0.15) is 55.0 Å². The van der Waals surface area contributed by atoms with E-state index in [4.69, 9.17) is 4.42 Å². The third-order valence-electron chi connectivity index (χ3n) is 6.06. The summed E-state index contributed by atoms with van der Waals surface area (Å²) in [6.45, 7) is 1.35. The molecule has 5 nitrogen and oxygen atoms in total. The van der Waals surface area contributed by atoms with E-state index in [2.05, 4.69) is 17.4 Å². The number of hydrogen-bond acceptors (Lipinski definition) is 3. The molecule has 2 aromatic rings. The molecular weight excluding hydrogens is 352 g/mol. The minimum Gasteiger partial charge on any atom is -0.469 e. The van der Waals surface area contributed by atoms with Crippen molar-refractivity contribution in [3.05, 3.63) is 59.5 Å². The van der Waals surface area contributed by atoms with Crippen LogP contribution >= 0.6 is 0 Å². The molecule has 1 saturated heterocycles. The summed E-state index contributed by atoms with van der Waals surface area (Å²) in [4.78, 5) is 27.1. The maximum atomic E-state index is 12.7. The molecule has 4 rings (SSSR count). The molecule has 1 aliphatic carbocycles. The molecule has 2 heterocycles. The van der Waals surface area contributed by atoms with Gasteiger partial charge in [0.25, 0.3) is 0 Å². The highest BCUT2D eigenvalue weighted by molar-refractivity contribution is 5.80. The van der Waals surface area contributed by atoms with Crippen LogP contribution in [-0.2, 0) is 22.4 Å². The fourth-order valence-corrected chi connectivity index (χ4v) is 4.37. The van der Waals surface area contributed by atoms with E-state index in [-0.39, 0.29) is 23.8 Å². The number of hydrogen-bond donors (Lipinski definition) is 1. The van der Waals surface area contributed by atoms with E-state index in [9.17, 15) is 9.59 Å². The normalized spacial score (nSPS) is 19.9. The van der Waals surface area contributed by atoms with Gasteiger partial charge in [0.05, 0.1) is 12.3 Å². The highest BCUT2D eigenvalue weighted by atomic mass is 16.3. The van der Waals surface area contributed by atoms with Crippen molar-refractivity contribution in [1.82, 2.24) is 10.2 Å². The van der Waals surface area contributed by atoms with Crippen molar-refractivity contribution in [3.63, 3.8) is 0 Å². The fourth-order valence-electron chi connectivity index (χ4n) is 4.37. The van der Waals surface area contributed by atoms with Crippen LogP contribution in [0.25, 0.3) is 0 Å². The zero-order valence-electron chi connectivity index (χ0n) is 16.2. The number of nitrogens with zero attached hydrogens (tertiary/aromatic N) is 1. The van der Waals surface area contributed by atoms with Gasteiger partial charge in [-0.2, -0.15) is 0 Å². The Labute approximate surface area is 166 Å². The fraction of sp³-hybridized carbons (Fsp3) is 0.478. The van der Waals surface area contributed by atoms with E-state index >= 15 is 0 Å². The average Bonchev–Trinajstić information content (AvgIpc) is 3.23. The zero-order valence-corrected chi connectivity index (χ0v) is 16.2. The first-order valence-electron chi connectivity index (χ1n) is 10.4. The van der Waals surface area contributed by atoms with Gasteiger partial charge in [-0.25, -0.2) is 0 Å². The van der Waals surface area contributed by atoms with Gasteiger partial charge in [-0.05, 0) is 43.7 Å². The van der Waals surface area contributed by atoms with Crippen LogP contribution in [0.2, 0.25) is 0 Å². The largest absolute Gasteiger partial charge is 0.469 e. The maximum Gasteiger partial charge on any atom is 0.223 e. The van der Waals surface area contributed by atoms with E-state index < -0.39 is 0 Å². The minimum atomic E-state index is -0.00421. The lowest BCUT2D eigenvalue weighted by atomic mass is 9.91. The third-order valence-corrected chi connectivity index (χ3v) is 6.06. The summed E-state index contributed by atoms with van der Waals surface area (Å²) in [6.07, 6.45) is 7.48. The van der Waals surface area contributed by atoms with Gasteiger partial charge in [0.2, 0.25) is 11.8 Å². The molecular formula is C23H28N2O3. The monoisotopic (exact) mass is 380 g/mol. The number of amides is 2. The number of rotatable bonds is 5. The first-order chi connectivity index (χ1) is 13.7. The van der Waals surface area contributed by atoms with Crippen molar-refractivity contribution in [3.8, 4) is 0 Å². The SMILES string of the molecule is O=C(NC1CCCc2occc21)C1CCN(C(=O)CCc2ccccc2)CC1. The Morgan fingerprint density at radius 1 is 1.07 bits per heavy atom. The Morgan fingerprint density at radius 2 is 1.86 bits per heavy atom.